The molecule has 0 aromatic heterocycles. The molecular formula is C16H26N2O. The van der Waals surface area contributed by atoms with Gasteiger partial charge in [-0.05, 0) is 56.4 Å². The number of carbonyl (C=O) groups is 1. The van der Waals surface area contributed by atoms with Crippen molar-refractivity contribution in [1.29, 1.82) is 0 Å². The normalized spacial score (nSPS) is 12.3. The van der Waals surface area contributed by atoms with E-state index < -0.39 is 0 Å². The van der Waals surface area contributed by atoms with E-state index in [1.807, 2.05) is 32.2 Å². The topological polar surface area (TPSA) is 41.1 Å². The molecule has 1 aromatic carbocycles. The molecule has 1 rings (SSSR count). The van der Waals surface area contributed by atoms with Crippen LogP contribution in [0.5, 0.6) is 0 Å². The summed E-state index contributed by atoms with van der Waals surface area (Å²) in [6.07, 6.45) is 2.16. The zero-order valence-electron chi connectivity index (χ0n) is 12.7. The largest absolute Gasteiger partial charge is 0.388 e. The van der Waals surface area contributed by atoms with Crippen molar-refractivity contribution in [2.24, 2.45) is 5.92 Å². The van der Waals surface area contributed by atoms with Crippen LogP contribution in [0.1, 0.15) is 49.5 Å². The van der Waals surface area contributed by atoms with Crippen LogP contribution in [-0.4, -0.2) is 19.0 Å². The average molecular weight is 262 g/mol. The first kappa shape index (κ1) is 15.5. The first-order valence-electron chi connectivity index (χ1n) is 7.03. The van der Waals surface area contributed by atoms with Crippen molar-refractivity contribution in [2.75, 3.05) is 12.4 Å². The second-order valence-electron chi connectivity index (χ2n) is 5.63. The molecule has 0 aliphatic carbocycles. The minimum atomic E-state index is 0.0157. The molecule has 3 nitrogen and oxygen atoms in total. The Labute approximate surface area is 116 Å². The van der Waals surface area contributed by atoms with Crippen molar-refractivity contribution in [2.45, 2.75) is 46.6 Å². The van der Waals surface area contributed by atoms with Gasteiger partial charge in [0, 0.05) is 24.3 Å². The third kappa shape index (κ3) is 4.93. The number of aryl methyl sites for hydroxylation is 1. The van der Waals surface area contributed by atoms with E-state index in [0.717, 1.165) is 29.7 Å². The van der Waals surface area contributed by atoms with Crippen molar-refractivity contribution >= 4 is 11.6 Å². The highest BCUT2D eigenvalue weighted by atomic mass is 16.1. The summed E-state index contributed by atoms with van der Waals surface area (Å²) in [4.78, 5) is 12.1. The lowest BCUT2D eigenvalue weighted by Crippen LogP contribution is -2.32. The zero-order chi connectivity index (χ0) is 14.4. The van der Waals surface area contributed by atoms with Crippen LogP contribution in [0.4, 0.5) is 5.69 Å². The Bertz CT molecular complexity index is 427. The number of amides is 1. The molecule has 2 N–H and O–H groups in total. The van der Waals surface area contributed by atoms with Crippen LogP contribution in [0.25, 0.3) is 0 Å². The summed E-state index contributed by atoms with van der Waals surface area (Å²) in [5, 5.41) is 6.16. The lowest BCUT2D eigenvalue weighted by atomic mass is 10.0. The first-order valence-corrected chi connectivity index (χ1v) is 7.03. The number of carbonyl (C=O) groups excluding carboxylic acids is 1. The summed E-state index contributed by atoms with van der Waals surface area (Å²) in [6, 6.07) is 5.96. The summed E-state index contributed by atoms with van der Waals surface area (Å²) >= 11 is 0. The molecule has 3 heteroatoms. The summed E-state index contributed by atoms with van der Waals surface area (Å²) in [5.41, 5.74) is 2.88. The molecule has 0 aliphatic heterocycles. The molecule has 0 fully saturated rings. The molecule has 0 saturated carbocycles. The van der Waals surface area contributed by atoms with Crippen LogP contribution in [0.15, 0.2) is 18.2 Å². The van der Waals surface area contributed by atoms with E-state index in [0.29, 0.717) is 5.92 Å². The Morgan fingerprint density at radius 2 is 1.89 bits per heavy atom. The number of rotatable bonds is 6. The van der Waals surface area contributed by atoms with E-state index in [2.05, 4.69) is 31.4 Å². The fourth-order valence-electron chi connectivity index (χ4n) is 2.05. The standard InChI is InChI=1S/C16H26N2O/c1-11(2)6-7-13(4)18-16(19)14-8-9-15(17-5)12(3)10-14/h8-11,13,17H,6-7H2,1-5H3,(H,18,19). The molecule has 1 atom stereocenters. The molecule has 0 heterocycles. The maximum atomic E-state index is 12.1. The highest BCUT2D eigenvalue weighted by Crippen LogP contribution is 2.16. The molecule has 0 aliphatic rings. The summed E-state index contributed by atoms with van der Waals surface area (Å²) in [7, 11) is 1.88. The van der Waals surface area contributed by atoms with Gasteiger partial charge in [0.25, 0.3) is 5.91 Å². The van der Waals surface area contributed by atoms with Gasteiger partial charge in [-0.25, -0.2) is 0 Å². The van der Waals surface area contributed by atoms with E-state index in [1.54, 1.807) is 0 Å². The molecule has 0 radical (unpaired) electrons. The van der Waals surface area contributed by atoms with E-state index in [1.165, 1.54) is 0 Å². The predicted octanol–water partition coefficient (Wildman–Crippen LogP) is 3.59. The van der Waals surface area contributed by atoms with Gasteiger partial charge in [-0.15, -0.1) is 0 Å². The number of hydrogen-bond acceptors (Lipinski definition) is 2. The van der Waals surface area contributed by atoms with E-state index in [-0.39, 0.29) is 11.9 Å². The Morgan fingerprint density at radius 3 is 2.42 bits per heavy atom. The predicted molar refractivity (Wildman–Crippen MR) is 81.7 cm³/mol. The van der Waals surface area contributed by atoms with Crippen LogP contribution in [0.2, 0.25) is 0 Å². The summed E-state index contributed by atoms with van der Waals surface area (Å²) in [6.45, 7) is 8.47. The highest BCUT2D eigenvalue weighted by molar-refractivity contribution is 5.95. The molecule has 0 saturated heterocycles. The summed E-state index contributed by atoms with van der Waals surface area (Å²) < 4.78 is 0. The van der Waals surface area contributed by atoms with Crippen molar-refractivity contribution in [3.05, 3.63) is 29.3 Å². The first-order chi connectivity index (χ1) is 8.93. The number of hydrogen-bond donors (Lipinski definition) is 2. The van der Waals surface area contributed by atoms with Crippen molar-refractivity contribution in [1.82, 2.24) is 5.32 Å². The molecule has 1 amide bonds. The van der Waals surface area contributed by atoms with Crippen molar-refractivity contribution in [3.8, 4) is 0 Å². The minimum absolute atomic E-state index is 0.0157. The van der Waals surface area contributed by atoms with Gasteiger partial charge in [-0.1, -0.05) is 13.8 Å². The van der Waals surface area contributed by atoms with Gasteiger partial charge >= 0.3 is 0 Å². The number of nitrogens with one attached hydrogen (secondary N) is 2. The molecular weight excluding hydrogens is 236 g/mol. The van der Waals surface area contributed by atoms with Gasteiger partial charge in [0.2, 0.25) is 0 Å². The Hall–Kier alpha value is -1.51. The van der Waals surface area contributed by atoms with Gasteiger partial charge in [-0.3, -0.25) is 4.79 Å². The Balaban J connectivity index is 2.60. The Kier molecular flexibility index (Phi) is 5.87. The summed E-state index contributed by atoms with van der Waals surface area (Å²) in [5.74, 6) is 0.693. The molecule has 0 bridgehead atoms. The average Bonchev–Trinajstić information content (AvgIpc) is 2.36. The fraction of sp³-hybridized carbons (Fsp3) is 0.562. The van der Waals surface area contributed by atoms with Crippen LogP contribution in [-0.2, 0) is 0 Å². The highest BCUT2D eigenvalue weighted by Gasteiger charge is 2.11. The fourth-order valence-corrected chi connectivity index (χ4v) is 2.05. The molecule has 19 heavy (non-hydrogen) atoms. The second kappa shape index (κ2) is 7.17. The molecule has 1 aromatic rings. The quantitative estimate of drug-likeness (QED) is 0.822. The lowest BCUT2D eigenvalue weighted by Gasteiger charge is -2.15. The monoisotopic (exact) mass is 262 g/mol. The maximum Gasteiger partial charge on any atom is 0.251 e. The third-order valence-electron chi connectivity index (χ3n) is 3.31. The van der Waals surface area contributed by atoms with Crippen molar-refractivity contribution in [3.63, 3.8) is 0 Å². The third-order valence-corrected chi connectivity index (χ3v) is 3.31. The molecule has 0 spiro atoms. The van der Waals surface area contributed by atoms with Gasteiger partial charge in [0.05, 0.1) is 0 Å². The zero-order valence-corrected chi connectivity index (χ0v) is 12.7. The lowest BCUT2D eigenvalue weighted by molar-refractivity contribution is 0.0937. The van der Waals surface area contributed by atoms with Gasteiger partial charge in [0.15, 0.2) is 0 Å². The van der Waals surface area contributed by atoms with E-state index in [4.69, 9.17) is 0 Å². The number of benzene rings is 1. The molecule has 1 unspecified atom stereocenters. The Morgan fingerprint density at radius 1 is 1.21 bits per heavy atom. The number of anilines is 1. The molecule has 106 valence electrons. The second-order valence-corrected chi connectivity index (χ2v) is 5.63. The van der Waals surface area contributed by atoms with Gasteiger partial charge < -0.3 is 10.6 Å². The SMILES string of the molecule is CNc1ccc(C(=O)NC(C)CCC(C)C)cc1C. The van der Waals surface area contributed by atoms with Crippen LogP contribution >= 0.6 is 0 Å². The maximum absolute atomic E-state index is 12.1. The van der Waals surface area contributed by atoms with Crippen LogP contribution in [0, 0.1) is 12.8 Å². The van der Waals surface area contributed by atoms with Crippen molar-refractivity contribution < 1.29 is 4.79 Å². The van der Waals surface area contributed by atoms with Gasteiger partial charge in [-0.2, -0.15) is 0 Å². The smallest absolute Gasteiger partial charge is 0.251 e. The van der Waals surface area contributed by atoms with Crippen LogP contribution in [0.3, 0.4) is 0 Å². The van der Waals surface area contributed by atoms with Crippen LogP contribution < -0.4 is 10.6 Å². The minimum Gasteiger partial charge on any atom is -0.388 e. The van der Waals surface area contributed by atoms with E-state index >= 15 is 0 Å². The van der Waals surface area contributed by atoms with E-state index in [9.17, 15) is 4.79 Å². The van der Waals surface area contributed by atoms with Gasteiger partial charge in [0.1, 0.15) is 0 Å².